The summed E-state index contributed by atoms with van der Waals surface area (Å²) in [5.74, 6) is 0.219. The largest absolute Gasteiger partial charge is 0.466 e. The number of halogens is 2. The lowest BCUT2D eigenvalue weighted by atomic mass is 10.0. The first-order valence-corrected chi connectivity index (χ1v) is 6.69. The average molecular weight is 328 g/mol. The molecule has 2 N–H and O–H groups in total. The van der Waals surface area contributed by atoms with Gasteiger partial charge >= 0.3 is 0 Å². The molecule has 3 nitrogen and oxygen atoms in total. The Morgan fingerprint density at radius 1 is 1.42 bits per heavy atom. The van der Waals surface area contributed by atoms with Crippen LogP contribution in [-0.2, 0) is 12.1 Å². The van der Waals surface area contributed by atoms with Gasteiger partial charge in [0.15, 0.2) is 0 Å². The van der Waals surface area contributed by atoms with Crippen LogP contribution in [0.15, 0.2) is 45.5 Å². The lowest BCUT2D eigenvalue weighted by Gasteiger charge is -2.21. The molecule has 0 aliphatic heterocycles. The maximum atomic E-state index is 13.1. The maximum absolute atomic E-state index is 13.1. The minimum absolute atomic E-state index is 0.280. The van der Waals surface area contributed by atoms with E-state index in [1.807, 2.05) is 0 Å². The Labute approximate surface area is 119 Å². The van der Waals surface area contributed by atoms with Crippen molar-refractivity contribution in [3.63, 3.8) is 0 Å². The molecule has 0 radical (unpaired) electrons. The van der Waals surface area contributed by atoms with Crippen molar-refractivity contribution < 1.29 is 13.9 Å². The van der Waals surface area contributed by atoms with Crippen molar-refractivity contribution in [1.29, 1.82) is 0 Å². The van der Waals surface area contributed by atoms with E-state index in [9.17, 15) is 9.50 Å². The van der Waals surface area contributed by atoms with Gasteiger partial charge in [0, 0.05) is 17.6 Å². The van der Waals surface area contributed by atoms with Crippen LogP contribution in [0.3, 0.4) is 0 Å². The molecule has 102 valence electrons. The van der Waals surface area contributed by atoms with Crippen LogP contribution in [0.4, 0.5) is 4.39 Å². The van der Waals surface area contributed by atoms with Crippen LogP contribution in [0.1, 0.15) is 18.2 Å². The summed E-state index contributed by atoms with van der Waals surface area (Å²) in [6.45, 7) is 2.43. The van der Waals surface area contributed by atoms with Crippen LogP contribution in [0, 0.1) is 5.82 Å². The third kappa shape index (κ3) is 3.65. The van der Waals surface area contributed by atoms with Crippen molar-refractivity contribution in [3.05, 3.63) is 58.2 Å². The number of furan rings is 1. The van der Waals surface area contributed by atoms with Gasteiger partial charge in [-0.2, -0.15) is 0 Å². The fourth-order valence-electron chi connectivity index (χ4n) is 1.79. The van der Waals surface area contributed by atoms with E-state index in [0.717, 1.165) is 10.0 Å². The molecule has 1 aromatic heterocycles. The summed E-state index contributed by atoms with van der Waals surface area (Å²) < 4.78 is 19.1. The second kappa shape index (κ2) is 5.86. The van der Waals surface area contributed by atoms with E-state index in [2.05, 4.69) is 21.2 Å². The molecule has 0 fully saturated rings. The SMILES string of the molecule is CC(O)(CNCc1cc(F)ccc1Br)c1ccco1. The Morgan fingerprint density at radius 3 is 2.89 bits per heavy atom. The van der Waals surface area contributed by atoms with Crippen molar-refractivity contribution in [3.8, 4) is 0 Å². The molecule has 2 rings (SSSR count). The lowest BCUT2D eigenvalue weighted by Crippen LogP contribution is -2.34. The Balaban J connectivity index is 1.95. The minimum atomic E-state index is -1.09. The van der Waals surface area contributed by atoms with Crippen LogP contribution >= 0.6 is 15.9 Å². The zero-order valence-corrected chi connectivity index (χ0v) is 12.1. The van der Waals surface area contributed by atoms with Gasteiger partial charge in [0.05, 0.1) is 6.26 Å². The Bertz CT molecular complexity index is 540. The maximum Gasteiger partial charge on any atom is 0.136 e. The van der Waals surface area contributed by atoms with Gasteiger partial charge in [-0.15, -0.1) is 0 Å². The summed E-state index contributed by atoms with van der Waals surface area (Å²) in [5, 5.41) is 13.3. The standard InChI is InChI=1S/C14H15BrFNO2/c1-14(18,13-3-2-6-19-13)9-17-8-10-7-11(16)4-5-12(10)15/h2-7,17-18H,8-9H2,1H3. The number of benzene rings is 1. The van der Waals surface area contributed by atoms with Gasteiger partial charge in [-0.05, 0) is 42.8 Å². The molecule has 5 heteroatoms. The first kappa shape index (κ1) is 14.2. The Morgan fingerprint density at radius 2 is 2.21 bits per heavy atom. The smallest absolute Gasteiger partial charge is 0.136 e. The van der Waals surface area contributed by atoms with Crippen LogP contribution in [0.5, 0.6) is 0 Å². The second-order valence-electron chi connectivity index (χ2n) is 4.59. The molecule has 0 amide bonds. The topological polar surface area (TPSA) is 45.4 Å². The molecule has 1 unspecified atom stereocenters. The molecule has 1 heterocycles. The highest BCUT2D eigenvalue weighted by molar-refractivity contribution is 9.10. The van der Waals surface area contributed by atoms with Crippen molar-refractivity contribution >= 4 is 15.9 Å². The van der Waals surface area contributed by atoms with E-state index in [4.69, 9.17) is 4.42 Å². The molecule has 19 heavy (non-hydrogen) atoms. The zero-order valence-electron chi connectivity index (χ0n) is 10.5. The van der Waals surface area contributed by atoms with Gasteiger partial charge in [0.2, 0.25) is 0 Å². The van der Waals surface area contributed by atoms with Gasteiger partial charge in [0.25, 0.3) is 0 Å². The van der Waals surface area contributed by atoms with Crippen molar-refractivity contribution in [1.82, 2.24) is 5.32 Å². The monoisotopic (exact) mass is 327 g/mol. The fourth-order valence-corrected chi connectivity index (χ4v) is 2.18. The van der Waals surface area contributed by atoms with Crippen molar-refractivity contribution in [2.75, 3.05) is 6.54 Å². The van der Waals surface area contributed by atoms with Gasteiger partial charge < -0.3 is 14.8 Å². The number of nitrogens with one attached hydrogen (secondary N) is 1. The Hall–Kier alpha value is -1.17. The van der Waals surface area contributed by atoms with E-state index in [1.54, 1.807) is 25.1 Å². The minimum Gasteiger partial charge on any atom is -0.466 e. The second-order valence-corrected chi connectivity index (χ2v) is 5.44. The van der Waals surface area contributed by atoms with Crippen molar-refractivity contribution in [2.24, 2.45) is 0 Å². The summed E-state index contributed by atoms with van der Waals surface area (Å²) in [4.78, 5) is 0. The van der Waals surface area contributed by atoms with Crippen molar-refractivity contribution in [2.45, 2.75) is 19.1 Å². The van der Waals surface area contributed by atoms with Crippen LogP contribution in [0.2, 0.25) is 0 Å². The summed E-state index contributed by atoms with van der Waals surface area (Å²) in [7, 11) is 0. The number of rotatable bonds is 5. The third-order valence-corrected chi connectivity index (χ3v) is 3.62. The molecule has 0 spiro atoms. The fraction of sp³-hybridized carbons (Fsp3) is 0.286. The first-order valence-electron chi connectivity index (χ1n) is 5.90. The van der Waals surface area contributed by atoms with Crippen LogP contribution in [0.25, 0.3) is 0 Å². The van der Waals surface area contributed by atoms with E-state index in [-0.39, 0.29) is 5.82 Å². The normalized spacial score (nSPS) is 14.3. The molecule has 2 aromatic rings. The lowest BCUT2D eigenvalue weighted by molar-refractivity contribution is 0.0340. The van der Waals surface area contributed by atoms with Crippen LogP contribution in [-0.4, -0.2) is 11.7 Å². The summed E-state index contributed by atoms with van der Waals surface area (Å²) in [5.41, 5.74) is -0.293. The molecule has 0 aliphatic rings. The van der Waals surface area contributed by atoms with Gasteiger partial charge in [-0.25, -0.2) is 4.39 Å². The number of hydrogen-bond acceptors (Lipinski definition) is 3. The molecule has 1 atom stereocenters. The van der Waals surface area contributed by atoms with Gasteiger partial charge in [-0.1, -0.05) is 15.9 Å². The molecular formula is C14H15BrFNO2. The van der Waals surface area contributed by atoms with Crippen LogP contribution < -0.4 is 5.32 Å². The summed E-state index contributed by atoms with van der Waals surface area (Å²) in [6.07, 6.45) is 1.52. The molecule has 0 aliphatic carbocycles. The summed E-state index contributed by atoms with van der Waals surface area (Å²) >= 11 is 3.36. The molecule has 1 aromatic carbocycles. The van der Waals surface area contributed by atoms with E-state index < -0.39 is 5.60 Å². The average Bonchev–Trinajstić information content (AvgIpc) is 2.88. The van der Waals surface area contributed by atoms with E-state index >= 15 is 0 Å². The van der Waals surface area contributed by atoms with Gasteiger partial charge in [0.1, 0.15) is 17.2 Å². The highest BCUT2D eigenvalue weighted by Gasteiger charge is 2.25. The quantitative estimate of drug-likeness (QED) is 0.886. The number of aliphatic hydroxyl groups is 1. The predicted molar refractivity (Wildman–Crippen MR) is 74.1 cm³/mol. The predicted octanol–water partition coefficient (Wildman–Crippen LogP) is 3.18. The molecule has 0 saturated heterocycles. The highest BCUT2D eigenvalue weighted by Crippen LogP contribution is 2.21. The number of hydrogen-bond donors (Lipinski definition) is 2. The summed E-state index contributed by atoms with van der Waals surface area (Å²) in [6, 6.07) is 7.97. The highest BCUT2D eigenvalue weighted by atomic mass is 79.9. The third-order valence-electron chi connectivity index (χ3n) is 2.84. The van der Waals surface area contributed by atoms with E-state index in [0.29, 0.717) is 18.8 Å². The molecule has 0 bridgehead atoms. The zero-order chi connectivity index (χ0) is 13.9. The van der Waals surface area contributed by atoms with E-state index in [1.165, 1.54) is 18.4 Å². The Kier molecular flexibility index (Phi) is 4.39. The first-order chi connectivity index (χ1) is 8.99. The molecule has 0 saturated carbocycles. The molecular weight excluding hydrogens is 313 g/mol. The van der Waals surface area contributed by atoms with Gasteiger partial charge in [-0.3, -0.25) is 0 Å².